The minimum Gasteiger partial charge on any atom is -0.490 e. The third-order valence-electron chi connectivity index (χ3n) is 6.88. The number of carbonyl (C=O) groups excluding carboxylic acids is 1. The van der Waals surface area contributed by atoms with Crippen LogP contribution in [0.5, 0.6) is 5.75 Å². The van der Waals surface area contributed by atoms with Crippen molar-refractivity contribution in [2.45, 2.75) is 57.3 Å². The Morgan fingerprint density at radius 3 is 2.77 bits per heavy atom. The predicted octanol–water partition coefficient (Wildman–Crippen LogP) is 3.10. The number of piperidine rings is 1. The minimum atomic E-state index is -0.00665. The summed E-state index contributed by atoms with van der Waals surface area (Å²) in [4.78, 5) is 19.4. The first-order valence-corrected chi connectivity index (χ1v) is 10.7. The zero-order chi connectivity index (χ0) is 20.4. The molecule has 6 rings (SSSR count). The largest absolute Gasteiger partial charge is 0.490 e. The lowest BCUT2D eigenvalue weighted by atomic mass is 9.98. The third kappa shape index (κ3) is 2.68. The maximum Gasteiger partial charge on any atom is 0.253 e. The molecule has 1 aromatic carbocycles. The van der Waals surface area contributed by atoms with Gasteiger partial charge in [-0.3, -0.25) is 9.48 Å². The lowest BCUT2D eigenvalue weighted by Crippen LogP contribution is -2.47. The Kier molecular flexibility index (Phi) is 3.82. The number of nitrogens with zero attached hydrogens (tertiary/aromatic N) is 4. The number of pyridine rings is 1. The lowest BCUT2D eigenvalue weighted by Gasteiger charge is -2.40. The molecule has 0 radical (unpaired) electrons. The SMILES string of the molecule is Cc1cc2c(nc1N1[C@@H]3CC[C@H]1C[C@H](Oc1ccc4c(cnn4C)c1)C3)CNC2=O. The van der Waals surface area contributed by atoms with E-state index in [0.717, 1.165) is 52.1 Å². The van der Waals surface area contributed by atoms with Gasteiger partial charge in [0.25, 0.3) is 5.91 Å². The predicted molar refractivity (Wildman–Crippen MR) is 114 cm³/mol. The van der Waals surface area contributed by atoms with E-state index in [9.17, 15) is 4.79 Å². The average Bonchev–Trinajstić information content (AvgIpc) is 3.36. The van der Waals surface area contributed by atoms with Gasteiger partial charge in [0.1, 0.15) is 17.7 Å². The van der Waals surface area contributed by atoms with Crippen LogP contribution in [0.1, 0.15) is 47.3 Å². The molecule has 3 aliphatic rings. The van der Waals surface area contributed by atoms with E-state index in [-0.39, 0.29) is 12.0 Å². The van der Waals surface area contributed by atoms with E-state index in [1.807, 2.05) is 24.0 Å². The van der Waals surface area contributed by atoms with Gasteiger partial charge in [0, 0.05) is 37.4 Å². The van der Waals surface area contributed by atoms with E-state index in [1.165, 1.54) is 12.8 Å². The maximum absolute atomic E-state index is 12.0. The molecule has 0 aliphatic carbocycles. The Morgan fingerprint density at radius 2 is 1.97 bits per heavy atom. The van der Waals surface area contributed by atoms with Crippen LogP contribution in [-0.4, -0.2) is 38.9 Å². The summed E-state index contributed by atoms with van der Waals surface area (Å²) >= 11 is 0. The van der Waals surface area contributed by atoms with Crippen molar-refractivity contribution in [1.82, 2.24) is 20.1 Å². The van der Waals surface area contributed by atoms with Crippen molar-refractivity contribution in [1.29, 1.82) is 0 Å². The third-order valence-corrected chi connectivity index (χ3v) is 6.88. The highest BCUT2D eigenvalue weighted by Gasteiger charge is 2.43. The van der Waals surface area contributed by atoms with E-state index < -0.39 is 0 Å². The van der Waals surface area contributed by atoms with Crippen molar-refractivity contribution in [3.8, 4) is 5.75 Å². The van der Waals surface area contributed by atoms with Gasteiger partial charge in [0.15, 0.2) is 0 Å². The van der Waals surface area contributed by atoms with Crippen molar-refractivity contribution >= 4 is 22.6 Å². The Labute approximate surface area is 175 Å². The number of amides is 1. The van der Waals surface area contributed by atoms with E-state index in [0.29, 0.717) is 18.6 Å². The van der Waals surface area contributed by atoms with Crippen LogP contribution in [0.2, 0.25) is 0 Å². The fraction of sp³-hybridized carbons (Fsp3) is 0.435. The first-order valence-electron chi connectivity index (χ1n) is 10.7. The van der Waals surface area contributed by atoms with Crippen molar-refractivity contribution in [2.75, 3.05) is 4.90 Å². The summed E-state index contributed by atoms with van der Waals surface area (Å²) in [5.41, 5.74) is 3.81. The van der Waals surface area contributed by atoms with Crippen LogP contribution >= 0.6 is 0 Å². The molecule has 154 valence electrons. The van der Waals surface area contributed by atoms with E-state index in [2.05, 4.69) is 40.4 Å². The maximum atomic E-state index is 12.0. The van der Waals surface area contributed by atoms with Gasteiger partial charge in [0.2, 0.25) is 0 Å². The van der Waals surface area contributed by atoms with E-state index >= 15 is 0 Å². The normalized spacial score (nSPS) is 24.9. The molecular formula is C23H25N5O2. The van der Waals surface area contributed by atoms with Gasteiger partial charge in [0.05, 0.1) is 29.5 Å². The Morgan fingerprint density at radius 1 is 1.17 bits per heavy atom. The smallest absolute Gasteiger partial charge is 0.253 e. The first kappa shape index (κ1) is 17.7. The summed E-state index contributed by atoms with van der Waals surface area (Å²) in [5, 5.41) is 8.31. The quantitative estimate of drug-likeness (QED) is 0.728. The van der Waals surface area contributed by atoms with Gasteiger partial charge in [-0.25, -0.2) is 4.98 Å². The molecular weight excluding hydrogens is 378 g/mol. The molecule has 2 bridgehead atoms. The molecule has 0 spiro atoms. The Bertz CT molecular complexity index is 1160. The minimum absolute atomic E-state index is 0.00665. The van der Waals surface area contributed by atoms with E-state index in [4.69, 9.17) is 9.72 Å². The summed E-state index contributed by atoms with van der Waals surface area (Å²) in [5.74, 6) is 1.96. The summed E-state index contributed by atoms with van der Waals surface area (Å²) < 4.78 is 8.30. The molecule has 7 heteroatoms. The topological polar surface area (TPSA) is 72.3 Å². The van der Waals surface area contributed by atoms with Crippen LogP contribution < -0.4 is 15.0 Å². The van der Waals surface area contributed by atoms with Crippen molar-refractivity contribution in [3.05, 3.63) is 47.3 Å². The number of hydrogen-bond acceptors (Lipinski definition) is 5. The second-order valence-electron chi connectivity index (χ2n) is 8.80. The lowest BCUT2D eigenvalue weighted by molar-refractivity contribution is 0.0965. The molecule has 3 aromatic rings. The highest BCUT2D eigenvalue weighted by atomic mass is 16.5. The molecule has 0 unspecified atom stereocenters. The van der Waals surface area contributed by atoms with Crippen LogP contribution in [0.25, 0.3) is 10.9 Å². The van der Waals surface area contributed by atoms with Gasteiger partial charge >= 0.3 is 0 Å². The zero-order valence-corrected chi connectivity index (χ0v) is 17.3. The molecule has 2 fully saturated rings. The number of aryl methyl sites for hydroxylation is 2. The Balaban J connectivity index is 1.23. The molecule has 5 heterocycles. The molecule has 7 nitrogen and oxygen atoms in total. The van der Waals surface area contributed by atoms with Gasteiger partial charge in [-0.1, -0.05) is 0 Å². The van der Waals surface area contributed by atoms with Gasteiger partial charge in [-0.15, -0.1) is 0 Å². The van der Waals surface area contributed by atoms with Crippen molar-refractivity contribution < 1.29 is 9.53 Å². The molecule has 0 saturated carbocycles. The molecule has 3 aliphatic heterocycles. The number of anilines is 1. The number of fused-ring (bicyclic) bond motifs is 4. The summed E-state index contributed by atoms with van der Waals surface area (Å²) in [7, 11) is 1.96. The molecule has 2 aromatic heterocycles. The number of nitrogens with one attached hydrogen (secondary N) is 1. The van der Waals surface area contributed by atoms with Gasteiger partial charge in [-0.05, 0) is 49.6 Å². The van der Waals surface area contributed by atoms with Crippen LogP contribution in [0.4, 0.5) is 5.82 Å². The number of benzene rings is 1. The van der Waals surface area contributed by atoms with Crippen molar-refractivity contribution in [2.24, 2.45) is 7.05 Å². The molecule has 30 heavy (non-hydrogen) atoms. The highest BCUT2D eigenvalue weighted by molar-refractivity contribution is 5.98. The van der Waals surface area contributed by atoms with Gasteiger partial charge in [-0.2, -0.15) is 5.10 Å². The second-order valence-corrected chi connectivity index (χ2v) is 8.80. The monoisotopic (exact) mass is 403 g/mol. The first-order chi connectivity index (χ1) is 14.6. The van der Waals surface area contributed by atoms with Crippen LogP contribution in [0.15, 0.2) is 30.5 Å². The van der Waals surface area contributed by atoms with Crippen molar-refractivity contribution in [3.63, 3.8) is 0 Å². The van der Waals surface area contributed by atoms with E-state index in [1.54, 1.807) is 0 Å². The van der Waals surface area contributed by atoms with Crippen LogP contribution in [0.3, 0.4) is 0 Å². The fourth-order valence-electron chi connectivity index (χ4n) is 5.47. The summed E-state index contributed by atoms with van der Waals surface area (Å²) in [6.07, 6.45) is 6.43. The number of aromatic nitrogens is 3. The number of rotatable bonds is 3. The summed E-state index contributed by atoms with van der Waals surface area (Å²) in [6.45, 7) is 2.60. The number of ether oxygens (including phenoxy) is 1. The van der Waals surface area contributed by atoms with Crippen LogP contribution in [0, 0.1) is 6.92 Å². The summed E-state index contributed by atoms with van der Waals surface area (Å²) in [6, 6.07) is 9.09. The average molecular weight is 403 g/mol. The fourth-order valence-corrected chi connectivity index (χ4v) is 5.47. The Hall–Kier alpha value is -3.09. The second kappa shape index (κ2) is 6.45. The number of hydrogen-bond donors (Lipinski definition) is 1. The molecule has 3 atom stereocenters. The molecule has 1 N–H and O–H groups in total. The number of carbonyl (C=O) groups is 1. The molecule has 1 amide bonds. The van der Waals surface area contributed by atoms with Gasteiger partial charge < -0.3 is 15.0 Å². The highest BCUT2D eigenvalue weighted by Crippen LogP contribution is 2.41. The standard InChI is InChI=1S/C23H25N5O2/c1-13-7-19-20(12-24-23(19)29)26-22(13)28-15-3-4-16(28)10-18(9-15)30-17-5-6-21-14(8-17)11-25-27(21)2/h5-8,11,15-16,18H,3-4,9-10,12H2,1-2H3,(H,24,29)/t15-,16+,18-. The van der Waals surface area contributed by atoms with Crippen LogP contribution in [-0.2, 0) is 13.6 Å². The molecule has 2 saturated heterocycles. The zero-order valence-electron chi connectivity index (χ0n) is 17.3.